The van der Waals surface area contributed by atoms with Gasteiger partial charge in [-0.05, 0) is 32.7 Å². The summed E-state index contributed by atoms with van der Waals surface area (Å²) in [5, 5.41) is 6.15. The van der Waals surface area contributed by atoms with E-state index in [-0.39, 0.29) is 12.2 Å². The number of hydrogen-bond acceptors (Lipinski definition) is 8. The first-order chi connectivity index (χ1) is 13.2. The quantitative estimate of drug-likeness (QED) is 0.262. The van der Waals surface area contributed by atoms with Crippen LogP contribution in [0, 0.1) is 0 Å². The minimum Gasteiger partial charge on any atom is -0.446 e. The normalized spacial score (nSPS) is 19.8. The number of ether oxygens (including phenoxy) is 5. The van der Waals surface area contributed by atoms with Crippen LogP contribution in [0.5, 0.6) is 0 Å². The molecule has 0 aromatic carbocycles. The van der Waals surface area contributed by atoms with Crippen LogP contribution in [0.4, 0.5) is 4.79 Å². The maximum Gasteiger partial charge on any atom is 0.407 e. The van der Waals surface area contributed by atoms with Gasteiger partial charge in [-0.3, -0.25) is 0 Å². The maximum atomic E-state index is 11.7. The first-order valence-corrected chi connectivity index (χ1v) is 10.3. The highest BCUT2D eigenvalue weighted by molar-refractivity contribution is 7.80. The molecule has 1 aliphatic carbocycles. The molecule has 0 bridgehead atoms. The Morgan fingerprint density at radius 1 is 0.815 bits per heavy atom. The van der Waals surface area contributed by atoms with E-state index in [2.05, 4.69) is 23.3 Å². The number of carbonyl (C=O) groups is 1. The zero-order chi connectivity index (χ0) is 19.6. The molecule has 160 valence electrons. The second-order valence-corrected chi connectivity index (χ2v) is 7.05. The smallest absolute Gasteiger partial charge is 0.407 e. The Labute approximate surface area is 168 Å². The van der Waals surface area contributed by atoms with Crippen LogP contribution >= 0.6 is 12.6 Å². The zero-order valence-corrected chi connectivity index (χ0v) is 17.3. The van der Waals surface area contributed by atoms with Crippen molar-refractivity contribution in [1.29, 1.82) is 0 Å². The summed E-state index contributed by atoms with van der Waals surface area (Å²) < 4.78 is 26.9. The Balaban J connectivity index is 1.75. The molecule has 0 radical (unpaired) electrons. The number of likely N-dealkylation sites (N-methyl/N-ethyl adjacent to an activating group) is 1. The Bertz CT molecular complexity index is 357. The molecule has 1 aliphatic rings. The lowest BCUT2D eigenvalue weighted by molar-refractivity contribution is -0.00117. The van der Waals surface area contributed by atoms with Crippen LogP contribution < -0.4 is 10.6 Å². The first kappa shape index (κ1) is 24.5. The maximum absolute atomic E-state index is 11.7. The lowest BCUT2D eigenvalue weighted by Crippen LogP contribution is -2.33. The van der Waals surface area contributed by atoms with Crippen LogP contribution in [0.1, 0.15) is 25.7 Å². The van der Waals surface area contributed by atoms with Crippen LogP contribution in [0.25, 0.3) is 0 Å². The first-order valence-electron chi connectivity index (χ1n) is 9.80. The lowest BCUT2D eigenvalue weighted by Gasteiger charge is -2.25. The Hall–Kier alpha value is -0.580. The van der Waals surface area contributed by atoms with E-state index in [9.17, 15) is 4.79 Å². The van der Waals surface area contributed by atoms with Crippen molar-refractivity contribution in [2.45, 2.75) is 37.0 Å². The predicted octanol–water partition coefficient (Wildman–Crippen LogP) is 1.24. The fourth-order valence-electron chi connectivity index (χ4n) is 2.52. The molecule has 8 nitrogen and oxygen atoms in total. The number of carbonyl (C=O) groups excluding carboxylic acids is 1. The molecule has 1 saturated carbocycles. The van der Waals surface area contributed by atoms with Gasteiger partial charge in [-0.15, -0.1) is 0 Å². The van der Waals surface area contributed by atoms with Crippen molar-refractivity contribution < 1.29 is 28.5 Å². The van der Waals surface area contributed by atoms with Gasteiger partial charge < -0.3 is 34.3 Å². The summed E-state index contributed by atoms with van der Waals surface area (Å²) >= 11 is 4.43. The molecule has 0 atom stereocenters. The van der Waals surface area contributed by atoms with Gasteiger partial charge in [0.05, 0.1) is 52.9 Å². The minimum absolute atomic E-state index is 0.0184. The predicted molar refractivity (Wildman–Crippen MR) is 107 cm³/mol. The summed E-state index contributed by atoms with van der Waals surface area (Å²) in [5.41, 5.74) is 0. The minimum atomic E-state index is -0.371. The summed E-state index contributed by atoms with van der Waals surface area (Å²) in [4.78, 5) is 11.7. The Morgan fingerprint density at radius 2 is 1.30 bits per heavy atom. The summed E-state index contributed by atoms with van der Waals surface area (Å²) in [5.74, 6) is 0. The van der Waals surface area contributed by atoms with Crippen molar-refractivity contribution in [3.63, 3.8) is 0 Å². The highest BCUT2D eigenvalue weighted by Gasteiger charge is 2.21. The number of nitrogens with one attached hydrogen (secondary N) is 2. The van der Waals surface area contributed by atoms with Crippen LogP contribution in [-0.2, 0) is 23.7 Å². The molecule has 0 heterocycles. The molecule has 2 N–H and O–H groups in total. The molecule has 1 amide bonds. The summed E-state index contributed by atoms with van der Waals surface area (Å²) in [6.07, 6.45) is 3.43. The van der Waals surface area contributed by atoms with E-state index < -0.39 is 0 Å². The molecule has 0 aromatic rings. The summed E-state index contributed by atoms with van der Waals surface area (Å²) in [6, 6.07) is 0. The molecule has 0 aliphatic heterocycles. The molecule has 0 aromatic heterocycles. The third kappa shape index (κ3) is 15.1. The summed E-state index contributed by atoms with van der Waals surface area (Å²) in [7, 11) is 1.89. The van der Waals surface area contributed by atoms with Gasteiger partial charge in [0.1, 0.15) is 6.10 Å². The Morgan fingerprint density at radius 3 is 1.81 bits per heavy atom. The highest BCUT2D eigenvalue weighted by Crippen LogP contribution is 2.24. The Kier molecular flexibility index (Phi) is 15.9. The van der Waals surface area contributed by atoms with Crippen molar-refractivity contribution in [3.05, 3.63) is 0 Å². The number of rotatable bonds is 16. The fraction of sp³-hybridized carbons (Fsp3) is 0.944. The van der Waals surface area contributed by atoms with Gasteiger partial charge in [0.15, 0.2) is 0 Å². The molecule has 0 unspecified atom stereocenters. The number of hydrogen-bond donors (Lipinski definition) is 3. The van der Waals surface area contributed by atoms with Crippen molar-refractivity contribution in [1.82, 2.24) is 10.6 Å². The van der Waals surface area contributed by atoms with Crippen molar-refractivity contribution in [3.8, 4) is 0 Å². The standard InChI is InChI=1S/C18H36N2O6S/c1-19-6-8-22-10-12-24-14-15-25-13-11-23-9-7-20-18(21)26-16-2-4-17(27)5-3-16/h16-17,19,27H,2-15H2,1H3,(H,20,21). The van der Waals surface area contributed by atoms with E-state index in [1.807, 2.05) is 7.05 Å². The van der Waals surface area contributed by atoms with Crippen LogP contribution in [0.3, 0.4) is 0 Å². The molecule has 0 saturated heterocycles. The topological polar surface area (TPSA) is 87.3 Å². The van der Waals surface area contributed by atoms with E-state index >= 15 is 0 Å². The summed E-state index contributed by atoms with van der Waals surface area (Å²) in [6.45, 7) is 5.61. The van der Waals surface area contributed by atoms with E-state index in [0.29, 0.717) is 64.6 Å². The van der Waals surface area contributed by atoms with E-state index in [1.165, 1.54) is 0 Å². The fourth-order valence-corrected chi connectivity index (χ4v) is 2.82. The third-order valence-corrected chi connectivity index (χ3v) is 4.56. The zero-order valence-electron chi connectivity index (χ0n) is 16.5. The second kappa shape index (κ2) is 17.5. The van der Waals surface area contributed by atoms with Crippen LogP contribution in [0.15, 0.2) is 0 Å². The van der Waals surface area contributed by atoms with Gasteiger partial charge in [0, 0.05) is 18.3 Å². The molecule has 1 fully saturated rings. The van der Waals surface area contributed by atoms with Gasteiger partial charge >= 0.3 is 6.09 Å². The van der Waals surface area contributed by atoms with Crippen LogP contribution in [-0.4, -0.2) is 90.4 Å². The molecular formula is C18H36N2O6S. The average molecular weight is 409 g/mol. The monoisotopic (exact) mass is 408 g/mol. The third-order valence-electron chi connectivity index (χ3n) is 4.05. The number of thiol groups is 1. The van der Waals surface area contributed by atoms with Gasteiger partial charge in [-0.25, -0.2) is 4.79 Å². The van der Waals surface area contributed by atoms with E-state index in [0.717, 1.165) is 32.2 Å². The molecule has 9 heteroatoms. The lowest BCUT2D eigenvalue weighted by atomic mass is 9.97. The molecule has 1 rings (SSSR count). The molecule has 0 spiro atoms. The van der Waals surface area contributed by atoms with Crippen molar-refractivity contribution >= 4 is 18.7 Å². The van der Waals surface area contributed by atoms with Gasteiger partial charge in [-0.1, -0.05) is 0 Å². The SMILES string of the molecule is CNCCOCCOCCOCCOCCNC(=O)OC1CCC(S)CC1. The largest absolute Gasteiger partial charge is 0.446 e. The van der Waals surface area contributed by atoms with Gasteiger partial charge in [0.25, 0.3) is 0 Å². The molecule has 27 heavy (non-hydrogen) atoms. The number of alkyl carbamates (subject to hydrolysis) is 1. The highest BCUT2D eigenvalue weighted by atomic mass is 32.1. The van der Waals surface area contributed by atoms with Gasteiger partial charge in [-0.2, -0.15) is 12.6 Å². The molecular weight excluding hydrogens is 372 g/mol. The second-order valence-electron chi connectivity index (χ2n) is 6.32. The van der Waals surface area contributed by atoms with Crippen LogP contribution in [0.2, 0.25) is 0 Å². The van der Waals surface area contributed by atoms with E-state index in [1.54, 1.807) is 0 Å². The van der Waals surface area contributed by atoms with Crippen molar-refractivity contribution in [2.75, 3.05) is 73.0 Å². The van der Waals surface area contributed by atoms with Gasteiger partial charge in [0.2, 0.25) is 0 Å². The number of amides is 1. The van der Waals surface area contributed by atoms with E-state index in [4.69, 9.17) is 23.7 Å². The average Bonchev–Trinajstić information content (AvgIpc) is 2.66. The van der Waals surface area contributed by atoms with Crippen molar-refractivity contribution in [2.24, 2.45) is 0 Å².